The molecular weight excluding hydrogens is 240 g/mol. The molecule has 0 aliphatic carbocycles. The van der Waals surface area contributed by atoms with Crippen molar-refractivity contribution in [3.8, 4) is 0 Å². The average Bonchev–Trinajstić information content (AvgIpc) is 2.26. The van der Waals surface area contributed by atoms with Gasteiger partial charge in [0.1, 0.15) is 6.61 Å². The molecule has 5 heteroatoms. The molecule has 4 nitrogen and oxygen atoms in total. The van der Waals surface area contributed by atoms with Crippen molar-refractivity contribution in [1.29, 1.82) is 0 Å². The van der Waals surface area contributed by atoms with Gasteiger partial charge >= 0.3 is 0 Å². The third kappa shape index (κ3) is 5.70. The number of rotatable bonds is 4. The zero-order chi connectivity index (χ0) is 12.9. The van der Waals surface area contributed by atoms with Crippen molar-refractivity contribution in [2.45, 2.75) is 26.4 Å². The summed E-state index contributed by atoms with van der Waals surface area (Å²) < 4.78 is 5.49. The summed E-state index contributed by atoms with van der Waals surface area (Å²) in [5, 5.41) is 0. The van der Waals surface area contributed by atoms with Gasteiger partial charge in [-0.2, -0.15) is 0 Å². The maximum atomic E-state index is 11.9. The van der Waals surface area contributed by atoms with Gasteiger partial charge in [-0.3, -0.25) is 9.69 Å². The standard InChI is InChI=1S/C12H23ClN2O2/c1-12(2,3)17-10-11(16)15-8-6-14(5-4-13)7-9-15/h4-10H2,1-3H3. The number of nitrogens with zero attached hydrogens (tertiary/aromatic N) is 2. The van der Waals surface area contributed by atoms with Crippen molar-refractivity contribution in [1.82, 2.24) is 9.80 Å². The lowest BCUT2D eigenvalue weighted by Crippen LogP contribution is -2.50. The van der Waals surface area contributed by atoms with Crippen molar-refractivity contribution in [3.63, 3.8) is 0 Å². The SMILES string of the molecule is CC(C)(C)OCC(=O)N1CCN(CCCl)CC1. The number of hydrogen-bond acceptors (Lipinski definition) is 3. The fourth-order valence-electron chi connectivity index (χ4n) is 1.71. The smallest absolute Gasteiger partial charge is 0.248 e. The fourth-order valence-corrected chi connectivity index (χ4v) is 1.95. The molecule has 0 N–H and O–H groups in total. The zero-order valence-corrected chi connectivity index (χ0v) is 11.8. The first-order valence-electron chi connectivity index (χ1n) is 6.12. The Kier molecular flexibility index (Phi) is 5.70. The molecule has 100 valence electrons. The molecule has 0 radical (unpaired) electrons. The molecule has 1 saturated heterocycles. The van der Waals surface area contributed by atoms with Gasteiger partial charge in [0.15, 0.2) is 0 Å². The lowest BCUT2D eigenvalue weighted by atomic mass is 10.2. The van der Waals surface area contributed by atoms with Gasteiger partial charge in [0.25, 0.3) is 0 Å². The molecule has 1 rings (SSSR count). The van der Waals surface area contributed by atoms with E-state index >= 15 is 0 Å². The molecule has 0 atom stereocenters. The third-order valence-electron chi connectivity index (χ3n) is 2.75. The van der Waals surface area contributed by atoms with E-state index in [1.54, 1.807) is 0 Å². The molecule has 0 spiro atoms. The summed E-state index contributed by atoms with van der Waals surface area (Å²) in [6.07, 6.45) is 0. The maximum absolute atomic E-state index is 11.9. The van der Waals surface area contributed by atoms with Crippen LogP contribution in [0.5, 0.6) is 0 Å². The summed E-state index contributed by atoms with van der Waals surface area (Å²) >= 11 is 5.69. The number of carbonyl (C=O) groups excluding carboxylic acids is 1. The summed E-state index contributed by atoms with van der Waals surface area (Å²) in [4.78, 5) is 16.0. The molecule has 17 heavy (non-hydrogen) atoms. The zero-order valence-electron chi connectivity index (χ0n) is 11.0. The Balaban J connectivity index is 2.26. The van der Waals surface area contributed by atoms with E-state index in [4.69, 9.17) is 16.3 Å². The van der Waals surface area contributed by atoms with Gasteiger partial charge in [-0.05, 0) is 20.8 Å². The van der Waals surface area contributed by atoms with E-state index in [2.05, 4.69) is 4.90 Å². The Bertz CT molecular complexity index is 245. The van der Waals surface area contributed by atoms with Gasteiger partial charge in [0.05, 0.1) is 5.60 Å². The molecule has 0 bridgehead atoms. The first kappa shape index (κ1) is 14.7. The molecule has 0 unspecified atom stereocenters. The summed E-state index contributed by atoms with van der Waals surface area (Å²) in [6.45, 7) is 10.3. The maximum Gasteiger partial charge on any atom is 0.248 e. The van der Waals surface area contributed by atoms with Crippen molar-refractivity contribution in [2.24, 2.45) is 0 Å². The Morgan fingerprint density at radius 2 is 1.82 bits per heavy atom. The van der Waals surface area contributed by atoms with Crippen molar-refractivity contribution >= 4 is 17.5 Å². The highest BCUT2D eigenvalue weighted by Crippen LogP contribution is 2.08. The highest BCUT2D eigenvalue weighted by molar-refractivity contribution is 6.18. The molecule has 1 fully saturated rings. The normalized spacial score (nSPS) is 18.5. The first-order chi connectivity index (χ1) is 7.92. The van der Waals surface area contributed by atoms with E-state index in [-0.39, 0.29) is 18.1 Å². The number of carbonyl (C=O) groups is 1. The van der Waals surface area contributed by atoms with Crippen LogP contribution in [0.3, 0.4) is 0 Å². The summed E-state index contributed by atoms with van der Waals surface area (Å²) in [5.74, 6) is 0.742. The van der Waals surface area contributed by atoms with Gasteiger partial charge < -0.3 is 9.64 Å². The van der Waals surface area contributed by atoms with Gasteiger partial charge in [-0.1, -0.05) is 0 Å². The molecule has 1 amide bonds. The summed E-state index contributed by atoms with van der Waals surface area (Å²) in [6, 6.07) is 0. The second-order valence-corrected chi connectivity index (χ2v) is 5.69. The number of piperazine rings is 1. The van der Waals surface area contributed by atoms with Gasteiger partial charge in [-0.25, -0.2) is 0 Å². The predicted molar refractivity (Wildman–Crippen MR) is 69.4 cm³/mol. The molecule has 0 aromatic rings. The van der Waals surface area contributed by atoms with Crippen LogP contribution >= 0.6 is 11.6 Å². The van der Waals surface area contributed by atoms with Crippen LogP contribution in [0.25, 0.3) is 0 Å². The molecule has 1 aliphatic rings. The van der Waals surface area contributed by atoms with Crippen molar-refractivity contribution in [3.05, 3.63) is 0 Å². The lowest BCUT2D eigenvalue weighted by molar-refractivity contribution is -0.142. The molecule has 0 saturated carbocycles. The lowest BCUT2D eigenvalue weighted by Gasteiger charge is -2.34. The molecule has 0 aromatic heterocycles. The van der Waals surface area contributed by atoms with E-state index < -0.39 is 0 Å². The number of hydrogen-bond donors (Lipinski definition) is 0. The Labute approximate surface area is 109 Å². The van der Waals surface area contributed by atoms with Crippen LogP contribution in [0.4, 0.5) is 0 Å². The van der Waals surface area contributed by atoms with E-state index in [0.29, 0.717) is 5.88 Å². The number of ether oxygens (including phenoxy) is 1. The predicted octanol–water partition coefficient (Wildman–Crippen LogP) is 1.18. The number of halogens is 1. The quantitative estimate of drug-likeness (QED) is 0.714. The van der Waals surface area contributed by atoms with Gasteiger partial charge in [0, 0.05) is 38.6 Å². The van der Waals surface area contributed by atoms with Crippen molar-refractivity contribution in [2.75, 3.05) is 45.2 Å². The largest absolute Gasteiger partial charge is 0.366 e. The second kappa shape index (κ2) is 6.57. The van der Waals surface area contributed by atoms with Gasteiger partial charge in [0.2, 0.25) is 5.91 Å². The minimum atomic E-state index is -0.254. The second-order valence-electron chi connectivity index (χ2n) is 5.31. The molecule has 1 heterocycles. The Morgan fingerprint density at radius 3 is 2.29 bits per heavy atom. The fraction of sp³-hybridized carbons (Fsp3) is 0.917. The first-order valence-corrected chi connectivity index (χ1v) is 6.66. The van der Waals surface area contributed by atoms with Crippen LogP contribution in [0.2, 0.25) is 0 Å². The number of amides is 1. The minimum absolute atomic E-state index is 0.0884. The van der Waals surface area contributed by atoms with E-state index in [1.165, 1.54) is 0 Å². The minimum Gasteiger partial charge on any atom is -0.366 e. The third-order valence-corrected chi connectivity index (χ3v) is 2.92. The average molecular weight is 263 g/mol. The molecular formula is C12H23ClN2O2. The summed E-state index contributed by atoms with van der Waals surface area (Å²) in [5.41, 5.74) is -0.254. The van der Waals surface area contributed by atoms with E-state index in [0.717, 1.165) is 32.7 Å². The molecule has 1 aliphatic heterocycles. The summed E-state index contributed by atoms with van der Waals surface area (Å²) in [7, 11) is 0. The van der Waals surface area contributed by atoms with Crippen LogP contribution in [-0.4, -0.2) is 66.5 Å². The van der Waals surface area contributed by atoms with Crippen LogP contribution in [-0.2, 0) is 9.53 Å². The monoisotopic (exact) mass is 262 g/mol. The Hall–Kier alpha value is -0.320. The number of alkyl halides is 1. The highest BCUT2D eigenvalue weighted by Gasteiger charge is 2.22. The topological polar surface area (TPSA) is 32.8 Å². The molecule has 0 aromatic carbocycles. The van der Waals surface area contributed by atoms with E-state index in [1.807, 2.05) is 25.7 Å². The van der Waals surface area contributed by atoms with Crippen molar-refractivity contribution < 1.29 is 9.53 Å². The Morgan fingerprint density at radius 1 is 1.24 bits per heavy atom. The van der Waals surface area contributed by atoms with E-state index in [9.17, 15) is 4.79 Å². The van der Waals surface area contributed by atoms with Gasteiger partial charge in [-0.15, -0.1) is 11.6 Å². The van der Waals surface area contributed by atoms with Crippen LogP contribution in [0.1, 0.15) is 20.8 Å². The van der Waals surface area contributed by atoms with Crippen LogP contribution < -0.4 is 0 Å². The highest BCUT2D eigenvalue weighted by atomic mass is 35.5. The van der Waals surface area contributed by atoms with Crippen LogP contribution in [0, 0.1) is 0 Å². The van der Waals surface area contributed by atoms with Crippen LogP contribution in [0.15, 0.2) is 0 Å².